The molecule has 9 nitrogen and oxygen atoms in total. The van der Waals surface area contributed by atoms with Crippen LogP contribution < -0.4 is 0 Å². The third-order valence-electron chi connectivity index (χ3n) is 7.59. The SMILES string of the molecule is C[C@H]1[C@@H]2C[C@@]3(O[C@@H](CC(=O)O[C@@H](CO)CC(=O)O2)OCC3(C)C)O[C@@H]1CCCCc1cccc(O)c1. The number of cyclic esters (lactones) is 1. The molecule has 0 amide bonds. The van der Waals surface area contributed by atoms with Gasteiger partial charge in [0.25, 0.3) is 0 Å². The summed E-state index contributed by atoms with van der Waals surface area (Å²) in [5, 5.41) is 19.3. The molecule has 3 fully saturated rings. The number of fused-ring (bicyclic) bond motifs is 2. The van der Waals surface area contributed by atoms with Gasteiger partial charge in [-0.3, -0.25) is 9.59 Å². The highest BCUT2D eigenvalue weighted by atomic mass is 16.8. The third kappa shape index (κ3) is 6.02. The molecule has 6 atom stereocenters. The summed E-state index contributed by atoms with van der Waals surface area (Å²) in [6.45, 7) is 5.82. The zero-order valence-electron chi connectivity index (χ0n) is 21.3. The molecule has 3 heterocycles. The van der Waals surface area contributed by atoms with E-state index in [9.17, 15) is 19.8 Å². The maximum absolute atomic E-state index is 12.8. The summed E-state index contributed by atoms with van der Waals surface area (Å²) in [6.07, 6.45) is 0.768. The lowest BCUT2D eigenvalue weighted by Crippen LogP contribution is -2.65. The van der Waals surface area contributed by atoms with E-state index in [0.717, 1.165) is 31.2 Å². The van der Waals surface area contributed by atoms with E-state index in [1.807, 2.05) is 32.9 Å². The highest BCUT2D eigenvalue weighted by Crippen LogP contribution is 2.50. The Morgan fingerprint density at radius 1 is 1.06 bits per heavy atom. The topological polar surface area (TPSA) is 121 Å². The third-order valence-corrected chi connectivity index (χ3v) is 7.59. The molecule has 1 spiro atoms. The Morgan fingerprint density at radius 2 is 1.83 bits per heavy atom. The number of hydrogen-bond acceptors (Lipinski definition) is 9. The van der Waals surface area contributed by atoms with Gasteiger partial charge >= 0.3 is 11.9 Å². The monoisotopic (exact) mass is 506 g/mol. The second kappa shape index (κ2) is 11.0. The predicted octanol–water partition coefficient (Wildman–Crippen LogP) is 3.24. The fourth-order valence-electron chi connectivity index (χ4n) is 5.29. The van der Waals surface area contributed by atoms with Crippen LogP contribution in [0.3, 0.4) is 0 Å². The summed E-state index contributed by atoms with van der Waals surface area (Å²) in [6, 6.07) is 7.27. The first-order valence-electron chi connectivity index (χ1n) is 12.9. The van der Waals surface area contributed by atoms with Crippen LogP contribution in [0.15, 0.2) is 24.3 Å². The molecule has 3 bridgehead atoms. The Balaban J connectivity index is 1.52. The molecule has 200 valence electrons. The molecule has 2 N–H and O–H groups in total. The maximum atomic E-state index is 12.8. The van der Waals surface area contributed by atoms with Crippen LogP contribution in [0.2, 0.25) is 0 Å². The van der Waals surface area contributed by atoms with E-state index in [1.54, 1.807) is 12.1 Å². The molecule has 9 heteroatoms. The Morgan fingerprint density at radius 3 is 2.58 bits per heavy atom. The summed E-state index contributed by atoms with van der Waals surface area (Å²) < 4.78 is 30.1. The van der Waals surface area contributed by atoms with Crippen molar-refractivity contribution in [1.29, 1.82) is 0 Å². The van der Waals surface area contributed by atoms with Gasteiger partial charge in [-0.15, -0.1) is 0 Å². The lowest BCUT2D eigenvalue weighted by molar-refractivity contribution is -0.427. The number of hydrogen-bond donors (Lipinski definition) is 2. The second-order valence-corrected chi connectivity index (χ2v) is 10.9. The van der Waals surface area contributed by atoms with Crippen molar-refractivity contribution in [2.75, 3.05) is 13.2 Å². The summed E-state index contributed by atoms with van der Waals surface area (Å²) in [4.78, 5) is 25.2. The number of ether oxygens (including phenoxy) is 5. The quantitative estimate of drug-likeness (QED) is 0.442. The minimum Gasteiger partial charge on any atom is -0.508 e. The van der Waals surface area contributed by atoms with Crippen molar-refractivity contribution in [3.05, 3.63) is 29.8 Å². The van der Waals surface area contributed by atoms with Gasteiger partial charge in [0, 0.05) is 17.8 Å². The number of phenolic OH excluding ortho intramolecular Hbond substituents is 1. The standard InChI is InChI=1S/C27H38O9/c1-17-21(10-5-4-7-18-8-6-9-19(29)11-18)35-27-14-22(17)34-23(30)12-20(15-28)33-24(31)13-25(36-27)32-16-26(27,2)3/h6,8-9,11,17,20-22,25,28-29H,4-5,7,10,12-16H2,1-3H3/t17-,20-,21-,22+,25+,27+/m1/s1. The molecule has 36 heavy (non-hydrogen) atoms. The largest absolute Gasteiger partial charge is 0.508 e. The van der Waals surface area contributed by atoms with Crippen LogP contribution in [0.5, 0.6) is 5.75 Å². The molecule has 3 aliphatic rings. The lowest BCUT2D eigenvalue weighted by atomic mass is 9.74. The Hall–Kier alpha value is -2.20. The Bertz CT molecular complexity index is 932. The number of aromatic hydroxyl groups is 1. The fraction of sp³-hybridized carbons (Fsp3) is 0.704. The normalized spacial score (nSPS) is 34.6. The smallest absolute Gasteiger partial charge is 0.311 e. The number of carbonyl (C=O) groups excluding carboxylic acids is 2. The van der Waals surface area contributed by atoms with Gasteiger partial charge in [-0.1, -0.05) is 39.3 Å². The number of aliphatic hydroxyl groups excluding tert-OH is 1. The summed E-state index contributed by atoms with van der Waals surface area (Å²) in [7, 11) is 0. The van der Waals surface area contributed by atoms with Crippen molar-refractivity contribution in [3.63, 3.8) is 0 Å². The van der Waals surface area contributed by atoms with Gasteiger partial charge < -0.3 is 33.9 Å². The van der Waals surface area contributed by atoms with Crippen LogP contribution in [0.1, 0.15) is 64.9 Å². The highest BCUT2D eigenvalue weighted by Gasteiger charge is 2.59. The van der Waals surface area contributed by atoms with Crippen LogP contribution >= 0.6 is 0 Å². The van der Waals surface area contributed by atoms with E-state index in [1.165, 1.54) is 0 Å². The number of phenols is 1. The van der Waals surface area contributed by atoms with Gasteiger partial charge in [-0.25, -0.2) is 0 Å². The average Bonchev–Trinajstić information content (AvgIpc) is 2.81. The molecule has 0 aromatic heterocycles. The van der Waals surface area contributed by atoms with E-state index in [-0.39, 0.29) is 30.6 Å². The molecule has 1 aromatic carbocycles. The minimum atomic E-state index is -1.10. The molecular formula is C27H38O9. The molecule has 3 saturated heterocycles. The van der Waals surface area contributed by atoms with Gasteiger partial charge in [0.2, 0.25) is 0 Å². The van der Waals surface area contributed by atoms with Crippen molar-refractivity contribution in [2.45, 2.75) is 96.1 Å². The number of esters is 2. The Kier molecular flexibility index (Phi) is 8.24. The molecule has 1 aromatic rings. The molecule has 3 aliphatic heterocycles. The number of unbranched alkanes of at least 4 members (excludes halogenated alkanes) is 1. The average molecular weight is 507 g/mol. The van der Waals surface area contributed by atoms with Crippen molar-refractivity contribution < 1.29 is 43.5 Å². The molecule has 4 rings (SSSR count). The Labute approximate surface area is 212 Å². The van der Waals surface area contributed by atoms with E-state index in [2.05, 4.69) is 0 Å². The highest BCUT2D eigenvalue weighted by molar-refractivity contribution is 5.73. The van der Waals surface area contributed by atoms with Crippen LogP contribution in [0.25, 0.3) is 0 Å². The molecular weight excluding hydrogens is 468 g/mol. The molecule has 0 saturated carbocycles. The van der Waals surface area contributed by atoms with Crippen molar-refractivity contribution >= 4 is 11.9 Å². The second-order valence-electron chi connectivity index (χ2n) is 10.9. The zero-order chi connectivity index (χ0) is 25.9. The van der Waals surface area contributed by atoms with Gasteiger partial charge in [0.05, 0.1) is 32.2 Å². The maximum Gasteiger partial charge on any atom is 0.311 e. The first kappa shape index (κ1) is 26.9. The zero-order valence-corrected chi connectivity index (χ0v) is 21.3. The van der Waals surface area contributed by atoms with E-state index in [0.29, 0.717) is 13.0 Å². The summed E-state index contributed by atoms with van der Waals surface area (Å²) >= 11 is 0. The van der Waals surface area contributed by atoms with Crippen LogP contribution in [-0.4, -0.2) is 65.8 Å². The van der Waals surface area contributed by atoms with Crippen molar-refractivity contribution in [1.82, 2.24) is 0 Å². The summed E-state index contributed by atoms with van der Waals surface area (Å²) in [5.41, 5.74) is 0.517. The molecule has 0 radical (unpaired) electrons. The van der Waals surface area contributed by atoms with Gasteiger partial charge in [-0.05, 0) is 37.0 Å². The molecule has 0 aliphatic carbocycles. The van der Waals surface area contributed by atoms with Gasteiger partial charge in [0.15, 0.2) is 12.1 Å². The number of carbonyl (C=O) groups is 2. The summed E-state index contributed by atoms with van der Waals surface area (Å²) in [5.74, 6) is -2.07. The number of aliphatic hydroxyl groups is 1. The first-order valence-corrected chi connectivity index (χ1v) is 12.9. The molecule has 0 unspecified atom stereocenters. The van der Waals surface area contributed by atoms with Crippen LogP contribution in [0, 0.1) is 11.3 Å². The number of benzene rings is 1. The van der Waals surface area contributed by atoms with Gasteiger partial charge in [-0.2, -0.15) is 0 Å². The fourth-order valence-corrected chi connectivity index (χ4v) is 5.29. The van der Waals surface area contributed by atoms with E-state index >= 15 is 0 Å². The predicted molar refractivity (Wildman–Crippen MR) is 128 cm³/mol. The number of rotatable bonds is 6. The van der Waals surface area contributed by atoms with E-state index in [4.69, 9.17) is 23.7 Å². The lowest BCUT2D eigenvalue weighted by Gasteiger charge is -2.57. The van der Waals surface area contributed by atoms with Crippen LogP contribution in [-0.2, 0) is 39.7 Å². The van der Waals surface area contributed by atoms with Crippen LogP contribution in [0.4, 0.5) is 0 Å². The minimum absolute atomic E-state index is 0.0842. The van der Waals surface area contributed by atoms with Crippen molar-refractivity contribution in [3.8, 4) is 5.75 Å². The van der Waals surface area contributed by atoms with Gasteiger partial charge in [0.1, 0.15) is 18.0 Å². The van der Waals surface area contributed by atoms with Crippen molar-refractivity contribution in [2.24, 2.45) is 11.3 Å². The number of aryl methyl sites for hydroxylation is 1. The van der Waals surface area contributed by atoms with E-state index < -0.39 is 48.2 Å². The first-order chi connectivity index (χ1) is 17.1.